The number of ether oxygens (including phenoxy) is 4. The third-order valence-corrected chi connectivity index (χ3v) is 17.6. The summed E-state index contributed by atoms with van der Waals surface area (Å²) in [5.41, 5.74) is -1.65. The summed E-state index contributed by atoms with van der Waals surface area (Å²) in [6, 6.07) is 5.21. The summed E-state index contributed by atoms with van der Waals surface area (Å²) in [5, 5.41) is 31.2. The third-order valence-electron chi connectivity index (χ3n) is 17.6. The molecular formula is C64H84F2N8O15. The van der Waals surface area contributed by atoms with E-state index in [1.807, 2.05) is 18.2 Å². The number of aliphatic hydroxyl groups excluding tert-OH is 1. The third kappa shape index (κ3) is 16.0. The molecule has 23 nitrogen and oxygen atoms in total. The summed E-state index contributed by atoms with van der Waals surface area (Å²) >= 11 is 0. The molecule has 25 heteroatoms. The van der Waals surface area contributed by atoms with Crippen LogP contribution in [0.5, 0.6) is 0 Å². The van der Waals surface area contributed by atoms with Crippen molar-refractivity contribution in [2.24, 2.45) is 11.8 Å². The van der Waals surface area contributed by atoms with Crippen molar-refractivity contribution in [1.82, 2.24) is 40.9 Å². The number of nitrogens with one attached hydrogen (secondary N) is 4. The van der Waals surface area contributed by atoms with Gasteiger partial charge < -0.3 is 60.2 Å². The first-order valence-corrected chi connectivity index (χ1v) is 31.0. The van der Waals surface area contributed by atoms with E-state index in [2.05, 4.69) is 27.3 Å². The number of carboxylic acids is 1. The van der Waals surface area contributed by atoms with Gasteiger partial charge in [-0.05, 0) is 116 Å². The molecule has 6 N–H and O–H groups in total. The van der Waals surface area contributed by atoms with Crippen molar-refractivity contribution in [2.75, 3.05) is 19.7 Å². The van der Waals surface area contributed by atoms with Gasteiger partial charge in [0.25, 0.3) is 0 Å². The van der Waals surface area contributed by atoms with Crippen molar-refractivity contribution in [3.63, 3.8) is 0 Å². The van der Waals surface area contributed by atoms with Crippen molar-refractivity contribution in [3.05, 3.63) is 94.6 Å². The number of hydrogen-bond donors (Lipinski definition) is 6. The van der Waals surface area contributed by atoms with Gasteiger partial charge in [0.15, 0.2) is 0 Å². The number of carbonyl (C=O) groups is 9. The summed E-state index contributed by atoms with van der Waals surface area (Å²) < 4.78 is 50.9. The summed E-state index contributed by atoms with van der Waals surface area (Å²) in [5.74, 6) is -4.53. The van der Waals surface area contributed by atoms with Crippen LogP contribution in [0.3, 0.4) is 0 Å². The first-order chi connectivity index (χ1) is 42.2. The highest BCUT2D eigenvalue weighted by Gasteiger charge is 2.62. The van der Waals surface area contributed by atoms with Gasteiger partial charge in [0, 0.05) is 48.9 Å². The molecule has 2 saturated carbocycles. The van der Waals surface area contributed by atoms with Crippen molar-refractivity contribution in [1.29, 1.82) is 0 Å². The lowest BCUT2D eigenvalue weighted by molar-refractivity contribution is -0.145. The number of fused-ring (bicyclic) bond motifs is 6. The number of nitrogens with zero attached hydrogens (tertiary/aromatic N) is 4. The average Bonchev–Trinajstić information content (AvgIpc) is 1.61. The molecule has 0 unspecified atom stereocenters. The van der Waals surface area contributed by atoms with E-state index >= 15 is 0 Å². The fourth-order valence-corrected chi connectivity index (χ4v) is 12.7. The molecule has 0 bridgehead atoms. The minimum Gasteiger partial charge on any atom is -0.479 e. The molecule has 0 spiro atoms. The van der Waals surface area contributed by atoms with Crippen LogP contribution in [0.2, 0.25) is 0 Å². The number of aliphatic carboxylic acids is 1. The number of benzene rings is 2. The number of allylic oxidation sites excluding steroid dienone is 2. The van der Waals surface area contributed by atoms with Gasteiger partial charge in [-0.1, -0.05) is 74.3 Å². The largest absolute Gasteiger partial charge is 0.479 e. The zero-order valence-electron chi connectivity index (χ0n) is 51.5. The second kappa shape index (κ2) is 27.1. The van der Waals surface area contributed by atoms with Gasteiger partial charge >= 0.3 is 30.3 Å². The highest BCUT2D eigenvalue weighted by molar-refractivity contribution is 5.96. The second-order valence-corrected chi connectivity index (χ2v) is 26.7. The highest BCUT2D eigenvalue weighted by Crippen LogP contribution is 2.46. The van der Waals surface area contributed by atoms with E-state index in [0.717, 1.165) is 38.5 Å². The van der Waals surface area contributed by atoms with Crippen LogP contribution in [0, 0.1) is 23.5 Å². The molecule has 10 atom stereocenters. The Morgan fingerprint density at radius 1 is 0.618 bits per heavy atom. The van der Waals surface area contributed by atoms with Crippen LogP contribution < -0.4 is 21.3 Å². The monoisotopic (exact) mass is 1240 g/mol. The van der Waals surface area contributed by atoms with E-state index in [-0.39, 0.29) is 89.2 Å². The lowest BCUT2D eigenvalue weighted by atomic mass is 10.0. The van der Waals surface area contributed by atoms with Gasteiger partial charge in [-0.25, -0.2) is 32.8 Å². The Labute approximate surface area is 516 Å². The number of rotatable bonds is 6. The molecule has 2 saturated heterocycles. The van der Waals surface area contributed by atoms with Gasteiger partial charge in [-0.15, -0.1) is 0 Å². The van der Waals surface area contributed by atoms with E-state index in [4.69, 9.17) is 18.9 Å². The normalized spacial score (nSPS) is 29.5. The molecule has 484 valence electrons. The number of carbonyl (C=O) groups excluding carboxylic acids is 8. The molecule has 2 aromatic rings. The minimum atomic E-state index is -1.49. The molecule has 4 fully saturated rings. The SMILES string of the molecule is CC(C)(C)OC(=O)N[C@H]1CCCCC/C=C\[C@@H]2C[C@@]2(C(=O)O)NC(=O)[C@@H]2C[C@@H](OC(=O)N3Cc4cccc(F)c4C3)CN2C1=O.CC(C)(C)OC(=O)N[C@H]1CCCCC/C=C\[C@@H]2C[C@@]2(CO)NC(=O)[C@@H]2C[C@@H](OC(=O)N3Cc4cccc(F)c4C3)CN2C1=O. The van der Waals surface area contributed by atoms with Crippen molar-refractivity contribution in [3.8, 4) is 0 Å². The van der Waals surface area contributed by atoms with Crippen LogP contribution >= 0.6 is 0 Å². The molecule has 10 rings (SSSR count). The van der Waals surface area contributed by atoms with Crippen LogP contribution in [0.25, 0.3) is 0 Å². The predicted octanol–water partition coefficient (Wildman–Crippen LogP) is 7.15. The van der Waals surface area contributed by atoms with Crippen LogP contribution in [-0.2, 0) is 69.1 Å². The second-order valence-electron chi connectivity index (χ2n) is 26.7. The van der Waals surface area contributed by atoms with E-state index in [1.165, 1.54) is 31.7 Å². The molecule has 89 heavy (non-hydrogen) atoms. The molecule has 2 aromatic carbocycles. The molecule has 0 radical (unpaired) electrons. The summed E-state index contributed by atoms with van der Waals surface area (Å²) in [4.78, 5) is 125. The van der Waals surface area contributed by atoms with Crippen molar-refractivity contribution < 1.29 is 81.1 Å². The van der Waals surface area contributed by atoms with E-state index < -0.39 is 118 Å². The molecule has 8 amide bonds. The van der Waals surface area contributed by atoms with Crippen LogP contribution in [0.1, 0.15) is 154 Å². The average molecular weight is 1240 g/mol. The Morgan fingerprint density at radius 2 is 1.07 bits per heavy atom. The maximum absolute atomic E-state index is 14.3. The summed E-state index contributed by atoms with van der Waals surface area (Å²) in [6.45, 7) is 10.3. The lowest BCUT2D eigenvalue weighted by Crippen LogP contribution is -2.56. The summed E-state index contributed by atoms with van der Waals surface area (Å²) in [6.07, 6.45) is 10.7. The zero-order chi connectivity index (χ0) is 64.2. The molecule has 6 heterocycles. The van der Waals surface area contributed by atoms with Crippen molar-refractivity contribution >= 4 is 54.0 Å². The predicted molar refractivity (Wildman–Crippen MR) is 316 cm³/mol. The Balaban J connectivity index is 0.000000211. The minimum absolute atomic E-state index is 0.0143. The standard InChI is InChI=1S/C32H41FN4O8.C32H43FN4O7/c1-31(2,3)45-29(42)34-24-13-8-6-4-5-7-11-20-15-32(20,28(40)41)35-26(38)25-14-21(17-37(25)27(24)39)44-30(43)36-16-19-10-9-12-23(33)22(19)18-36;1-31(2,3)44-29(41)34-25-13-8-6-4-5-7-11-21-15-32(21,19-38)35-27(39)26-14-22(17-37(26)28(25)40)43-30(42)36-16-20-10-9-12-24(33)23(20)18-36/h7,9-12,20-21,24-25H,4-6,8,13-18H2,1-3H3,(H,34,42)(H,35,38)(H,40,41);7,9-12,21-22,25-26,38H,4-6,8,13-19H2,1-3H3,(H,34,41)(H,35,39)/b2*11-7-/t20-,21-,24+,25+,32-;21-,22-,25+,26+,32+/m11/s1. The van der Waals surface area contributed by atoms with Gasteiger partial charge in [0.05, 0.1) is 38.3 Å². The van der Waals surface area contributed by atoms with Gasteiger partial charge in [0.2, 0.25) is 23.6 Å². The van der Waals surface area contributed by atoms with Gasteiger partial charge in [-0.2, -0.15) is 0 Å². The molecule has 0 aromatic heterocycles. The highest BCUT2D eigenvalue weighted by atomic mass is 19.1. The molecule has 8 aliphatic rings. The number of halogens is 2. The van der Waals surface area contributed by atoms with E-state index in [1.54, 1.807) is 65.8 Å². The maximum Gasteiger partial charge on any atom is 0.410 e. The Morgan fingerprint density at radius 3 is 1.49 bits per heavy atom. The van der Waals surface area contributed by atoms with Crippen LogP contribution in [0.4, 0.5) is 28.0 Å². The zero-order valence-corrected chi connectivity index (χ0v) is 51.5. The lowest BCUT2D eigenvalue weighted by Gasteiger charge is -2.30. The molecule has 6 aliphatic heterocycles. The number of alkyl carbamates (subject to hydrolysis) is 2. The van der Waals surface area contributed by atoms with E-state index in [9.17, 15) is 62.1 Å². The maximum atomic E-state index is 14.3. The smallest absolute Gasteiger partial charge is 0.410 e. The first-order valence-electron chi connectivity index (χ1n) is 31.0. The van der Waals surface area contributed by atoms with Gasteiger partial charge in [-0.3, -0.25) is 29.0 Å². The molecular weight excluding hydrogens is 1160 g/mol. The van der Waals surface area contributed by atoms with Gasteiger partial charge in [0.1, 0.15) is 64.8 Å². The number of aliphatic hydroxyl groups is 1. The first kappa shape index (κ1) is 65.6. The molecule has 2 aliphatic carbocycles. The topological polar surface area (TPSA) is 292 Å². The quantitative estimate of drug-likeness (QED) is 0.124. The number of amides is 8. The van der Waals surface area contributed by atoms with Crippen molar-refractivity contribution in [2.45, 2.75) is 216 Å². The van der Waals surface area contributed by atoms with Crippen LogP contribution in [0.15, 0.2) is 60.7 Å². The Kier molecular flexibility index (Phi) is 20.0. The number of carboxylic acid groups (broad SMARTS) is 1. The fourth-order valence-electron chi connectivity index (χ4n) is 12.7. The number of hydrogen-bond acceptors (Lipinski definition) is 14. The Bertz CT molecular complexity index is 3110. The summed E-state index contributed by atoms with van der Waals surface area (Å²) in [7, 11) is 0. The Hall–Kier alpha value is -7.83. The van der Waals surface area contributed by atoms with Crippen LogP contribution in [-0.4, -0.2) is 162 Å². The van der Waals surface area contributed by atoms with E-state index in [0.29, 0.717) is 47.9 Å². The fraction of sp³-hybridized carbons (Fsp3) is 0.609.